The number of rotatable bonds is 6. The van der Waals surface area contributed by atoms with Gasteiger partial charge in [0.15, 0.2) is 0 Å². The van der Waals surface area contributed by atoms with Crippen molar-refractivity contribution in [3.05, 3.63) is 63.7 Å². The molecule has 20 heavy (non-hydrogen) atoms. The van der Waals surface area contributed by atoms with Crippen molar-refractivity contribution in [2.75, 3.05) is 0 Å². The summed E-state index contributed by atoms with van der Waals surface area (Å²) in [6.45, 7) is 2.70. The van der Waals surface area contributed by atoms with Crippen LogP contribution in [0.5, 0.6) is 5.75 Å². The predicted molar refractivity (Wildman–Crippen MR) is 87.6 cm³/mol. The van der Waals surface area contributed by atoms with Crippen LogP contribution in [0.25, 0.3) is 0 Å². The van der Waals surface area contributed by atoms with Crippen molar-refractivity contribution < 1.29 is 13.7 Å². The summed E-state index contributed by atoms with van der Waals surface area (Å²) in [5.74, 6) is 1.25. The van der Waals surface area contributed by atoms with Gasteiger partial charge in [0, 0.05) is 6.07 Å². The maximum Gasteiger partial charge on any atom is 0.227 e. The van der Waals surface area contributed by atoms with E-state index in [0.29, 0.717) is 31.2 Å². The second-order valence-electron chi connectivity index (χ2n) is 4.10. The van der Waals surface area contributed by atoms with Gasteiger partial charge in [-0.25, -0.2) is 0 Å². The van der Waals surface area contributed by atoms with Gasteiger partial charge in [0.1, 0.15) is 24.7 Å². The van der Waals surface area contributed by atoms with Crippen LogP contribution in [-0.2, 0) is 17.7 Å². The second kappa shape index (κ2) is 7.76. The number of halogens is 1. The topological polar surface area (TPSA) is 48.7 Å². The lowest BCUT2D eigenvalue weighted by atomic mass is 10.2. The van der Waals surface area contributed by atoms with Crippen molar-refractivity contribution in [2.24, 2.45) is 0 Å². The molecule has 1 atom stereocenters. The normalized spacial score (nSPS) is 11.1. The Kier molecular flexibility index (Phi) is 6.01. The molecule has 0 saturated carbocycles. The Labute approximate surface area is 131 Å². The Morgan fingerprint density at radius 3 is 2.65 bits per heavy atom. The van der Waals surface area contributed by atoms with Crippen LogP contribution >= 0.6 is 28.5 Å². The monoisotopic (exact) mass is 404 g/mol. The van der Waals surface area contributed by atoms with Gasteiger partial charge in [-0.05, 0) is 34.5 Å². The van der Waals surface area contributed by atoms with Crippen molar-refractivity contribution in [3.8, 4) is 5.75 Å². The van der Waals surface area contributed by atoms with E-state index in [0.717, 1.165) is 5.56 Å². The number of ether oxygens (including phenoxy) is 1. The first-order valence-corrected chi connectivity index (χ1v) is 10.0. The molecule has 1 aromatic carbocycles. The fraction of sp³-hybridized carbons (Fsp3) is 0.214. The van der Waals surface area contributed by atoms with Crippen LogP contribution in [0.15, 0.2) is 45.6 Å². The Hall–Kier alpha value is -0.910. The summed E-state index contributed by atoms with van der Waals surface area (Å²) >= 11 is 2.12. The maximum atomic E-state index is 12.0. The molecule has 0 aliphatic rings. The van der Waals surface area contributed by atoms with E-state index < -0.39 is 0 Å². The summed E-state index contributed by atoms with van der Waals surface area (Å²) in [6, 6.07) is 11.1. The Morgan fingerprint density at radius 2 is 2.00 bits per heavy atom. The SMILES string of the molecule is Cc1oc(COPI)cc(=O)c1OCc1ccccc1. The van der Waals surface area contributed by atoms with Gasteiger partial charge in [0.25, 0.3) is 0 Å². The van der Waals surface area contributed by atoms with Crippen LogP contribution in [-0.4, -0.2) is 0 Å². The molecule has 106 valence electrons. The first-order valence-electron chi connectivity index (χ1n) is 5.98. The fourth-order valence-corrected chi connectivity index (χ4v) is 2.39. The van der Waals surface area contributed by atoms with E-state index >= 15 is 0 Å². The highest BCUT2D eigenvalue weighted by Crippen LogP contribution is 2.24. The molecule has 2 aromatic rings. The largest absolute Gasteiger partial charge is 0.482 e. The van der Waals surface area contributed by atoms with Gasteiger partial charge in [-0.3, -0.25) is 4.79 Å². The molecule has 0 saturated heterocycles. The van der Waals surface area contributed by atoms with Gasteiger partial charge in [-0.2, -0.15) is 0 Å². The van der Waals surface area contributed by atoms with Crippen LogP contribution in [0, 0.1) is 6.92 Å². The number of hydrogen-bond donors (Lipinski definition) is 0. The first kappa shape index (κ1) is 15.5. The summed E-state index contributed by atoms with van der Waals surface area (Å²) in [7, 11) is 0. The third-order valence-corrected chi connectivity index (χ3v) is 3.80. The smallest absolute Gasteiger partial charge is 0.227 e. The molecule has 1 unspecified atom stereocenters. The molecule has 0 radical (unpaired) electrons. The average Bonchev–Trinajstić information content (AvgIpc) is 2.45. The van der Waals surface area contributed by atoms with Crippen LogP contribution in [0.1, 0.15) is 17.1 Å². The minimum absolute atomic E-state index is 0.180. The third-order valence-electron chi connectivity index (χ3n) is 2.61. The van der Waals surface area contributed by atoms with E-state index in [1.54, 1.807) is 6.92 Å². The molecule has 0 spiro atoms. The third kappa shape index (κ3) is 4.30. The van der Waals surface area contributed by atoms with Crippen molar-refractivity contribution in [2.45, 2.75) is 20.1 Å². The molecule has 0 bridgehead atoms. The molecule has 0 aliphatic heterocycles. The van der Waals surface area contributed by atoms with E-state index in [1.807, 2.05) is 30.3 Å². The van der Waals surface area contributed by atoms with Crippen LogP contribution in [0.3, 0.4) is 0 Å². The summed E-state index contributed by atoms with van der Waals surface area (Å²) < 4.78 is 16.3. The van der Waals surface area contributed by atoms with E-state index in [1.165, 1.54) is 6.07 Å². The van der Waals surface area contributed by atoms with Crippen molar-refractivity contribution in [1.29, 1.82) is 0 Å². The molecule has 4 nitrogen and oxygen atoms in total. The minimum atomic E-state index is -0.180. The van der Waals surface area contributed by atoms with Crippen LogP contribution in [0.4, 0.5) is 0 Å². The van der Waals surface area contributed by atoms with Crippen LogP contribution < -0.4 is 10.2 Å². The number of aryl methyl sites for hydroxylation is 1. The molecule has 0 fully saturated rings. The molecule has 1 heterocycles. The van der Waals surface area contributed by atoms with Crippen molar-refractivity contribution >= 4 is 28.5 Å². The maximum absolute atomic E-state index is 12.0. The summed E-state index contributed by atoms with van der Waals surface area (Å²) in [4.78, 5) is 12.0. The molecule has 6 heteroatoms. The Bertz CT molecular complexity index is 612. The number of hydrogen-bond acceptors (Lipinski definition) is 4. The zero-order valence-electron chi connectivity index (χ0n) is 10.9. The van der Waals surface area contributed by atoms with Crippen LogP contribution in [0.2, 0.25) is 0 Å². The molecular weight excluding hydrogens is 390 g/mol. The van der Waals surface area contributed by atoms with E-state index in [9.17, 15) is 4.79 Å². The summed E-state index contributed by atoms with van der Waals surface area (Å²) in [5.41, 5.74) is 0.824. The van der Waals surface area contributed by atoms with Gasteiger partial charge in [0.05, 0.1) is 6.45 Å². The molecule has 0 aliphatic carbocycles. The number of benzene rings is 1. The van der Waals surface area contributed by atoms with E-state index in [4.69, 9.17) is 13.7 Å². The lowest BCUT2D eigenvalue weighted by Crippen LogP contribution is -2.10. The van der Waals surface area contributed by atoms with Gasteiger partial charge in [-0.15, -0.1) is 0 Å². The minimum Gasteiger partial charge on any atom is -0.482 e. The average molecular weight is 404 g/mol. The highest BCUT2D eigenvalue weighted by atomic mass is 127. The highest BCUT2D eigenvalue weighted by molar-refractivity contribution is 14.2. The fourth-order valence-electron chi connectivity index (χ4n) is 1.73. The molecule has 2 rings (SSSR count). The highest BCUT2D eigenvalue weighted by Gasteiger charge is 2.10. The zero-order valence-corrected chi connectivity index (χ0v) is 14.0. The zero-order chi connectivity index (χ0) is 14.4. The lowest BCUT2D eigenvalue weighted by Gasteiger charge is -2.09. The lowest BCUT2D eigenvalue weighted by molar-refractivity contribution is 0.265. The quantitative estimate of drug-likeness (QED) is 0.540. The van der Waals surface area contributed by atoms with Crippen molar-refractivity contribution in [3.63, 3.8) is 0 Å². The van der Waals surface area contributed by atoms with Gasteiger partial charge < -0.3 is 13.7 Å². The first-order chi connectivity index (χ1) is 9.70. The molecule has 0 amide bonds. The Balaban J connectivity index is 2.10. The van der Waals surface area contributed by atoms with E-state index in [-0.39, 0.29) is 11.2 Å². The van der Waals surface area contributed by atoms with Crippen molar-refractivity contribution in [1.82, 2.24) is 0 Å². The van der Waals surface area contributed by atoms with Gasteiger partial charge in [0.2, 0.25) is 11.2 Å². The predicted octanol–water partition coefficient (Wildman–Crippen LogP) is 3.99. The second-order valence-corrected chi connectivity index (χ2v) is 5.87. The molecular formula is C14H14IO4P. The standard InChI is InChI=1S/C14H14IO4P/c1-10-14(17-8-11-5-3-2-4-6-11)13(16)7-12(19-10)9-18-20-15/h2-7,20H,8-9H2,1H3. The summed E-state index contributed by atoms with van der Waals surface area (Å²) in [5, 5.41) is 0. The molecule has 1 aromatic heterocycles. The van der Waals surface area contributed by atoms with E-state index in [2.05, 4.69) is 22.0 Å². The summed E-state index contributed by atoms with van der Waals surface area (Å²) in [6.07, 6.45) is 0. The molecule has 0 N–H and O–H groups in total. The van der Waals surface area contributed by atoms with Gasteiger partial charge >= 0.3 is 0 Å². The Morgan fingerprint density at radius 1 is 1.25 bits per heavy atom. The van der Waals surface area contributed by atoms with Gasteiger partial charge in [-0.1, -0.05) is 30.3 Å².